The third-order valence-corrected chi connectivity index (χ3v) is 3.22. The molecule has 5 heteroatoms. The number of nitrogens with two attached hydrogens (primary N) is 1. The SMILES string of the molecule is CC(N)Cc1cccc(Cl)c1Oc1cncc(Br)c1. The van der Waals surface area contributed by atoms with Gasteiger partial charge in [-0.25, -0.2) is 0 Å². The van der Waals surface area contributed by atoms with E-state index in [1.54, 1.807) is 18.5 Å². The molecule has 1 heterocycles. The lowest BCUT2D eigenvalue weighted by molar-refractivity contribution is 0.471. The van der Waals surface area contributed by atoms with Crippen molar-refractivity contribution in [2.45, 2.75) is 19.4 Å². The van der Waals surface area contributed by atoms with Gasteiger partial charge in [-0.05, 0) is 47.0 Å². The Morgan fingerprint density at radius 1 is 1.42 bits per heavy atom. The minimum atomic E-state index is 0.0430. The summed E-state index contributed by atoms with van der Waals surface area (Å²) >= 11 is 9.56. The van der Waals surface area contributed by atoms with E-state index in [4.69, 9.17) is 22.1 Å². The van der Waals surface area contributed by atoms with Crippen LogP contribution in [0.5, 0.6) is 11.5 Å². The number of rotatable bonds is 4. The van der Waals surface area contributed by atoms with Crippen LogP contribution >= 0.6 is 27.5 Å². The average Bonchev–Trinajstić information content (AvgIpc) is 2.33. The van der Waals surface area contributed by atoms with E-state index in [9.17, 15) is 0 Å². The van der Waals surface area contributed by atoms with Gasteiger partial charge < -0.3 is 10.5 Å². The van der Waals surface area contributed by atoms with E-state index < -0.39 is 0 Å². The van der Waals surface area contributed by atoms with Crippen LogP contribution in [0.2, 0.25) is 5.02 Å². The zero-order chi connectivity index (χ0) is 13.8. The van der Waals surface area contributed by atoms with Crippen LogP contribution in [-0.4, -0.2) is 11.0 Å². The van der Waals surface area contributed by atoms with Gasteiger partial charge in [0.2, 0.25) is 0 Å². The molecule has 0 aliphatic heterocycles. The minimum Gasteiger partial charge on any atom is -0.454 e. The van der Waals surface area contributed by atoms with Crippen molar-refractivity contribution < 1.29 is 4.74 Å². The summed E-state index contributed by atoms with van der Waals surface area (Å²) in [4.78, 5) is 4.06. The van der Waals surface area contributed by atoms with Crippen molar-refractivity contribution in [3.05, 3.63) is 51.7 Å². The highest BCUT2D eigenvalue weighted by molar-refractivity contribution is 9.10. The fourth-order valence-electron chi connectivity index (χ4n) is 1.74. The summed E-state index contributed by atoms with van der Waals surface area (Å²) in [6.45, 7) is 1.95. The second kappa shape index (κ2) is 6.37. The van der Waals surface area contributed by atoms with Gasteiger partial charge in [-0.2, -0.15) is 0 Å². The molecule has 2 aromatic rings. The lowest BCUT2D eigenvalue weighted by atomic mass is 10.1. The van der Waals surface area contributed by atoms with Gasteiger partial charge in [0.25, 0.3) is 0 Å². The molecule has 0 saturated heterocycles. The monoisotopic (exact) mass is 340 g/mol. The van der Waals surface area contributed by atoms with Gasteiger partial charge in [0.05, 0.1) is 11.2 Å². The maximum Gasteiger partial charge on any atom is 0.149 e. The van der Waals surface area contributed by atoms with Crippen molar-refractivity contribution >= 4 is 27.5 Å². The number of ether oxygens (including phenoxy) is 1. The van der Waals surface area contributed by atoms with Gasteiger partial charge in [-0.3, -0.25) is 4.98 Å². The highest BCUT2D eigenvalue weighted by Gasteiger charge is 2.11. The molecule has 1 unspecified atom stereocenters. The van der Waals surface area contributed by atoms with Crippen LogP contribution < -0.4 is 10.5 Å². The predicted molar refractivity (Wildman–Crippen MR) is 80.8 cm³/mol. The topological polar surface area (TPSA) is 48.1 Å². The van der Waals surface area contributed by atoms with E-state index in [0.29, 0.717) is 22.9 Å². The summed E-state index contributed by atoms with van der Waals surface area (Å²) < 4.78 is 6.69. The van der Waals surface area contributed by atoms with E-state index in [-0.39, 0.29) is 6.04 Å². The highest BCUT2D eigenvalue weighted by Crippen LogP contribution is 2.34. The molecule has 2 N–H and O–H groups in total. The largest absolute Gasteiger partial charge is 0.454 e. The van der Waals surface area contributed by atoms with Crippen LogP contribution in [0, 0.1) is 0 Å². The molecular formula is C14H14BrClN2O. The van der Waals surface area contributed by atoms with Crippen LogP contribution in [0.4, 0.5) is 0 Å². The van der Waals surface area contributed by atoms with Crippen molar-refractivity contribution in [3.63, 3.8) is 0 Å². The average molecular weight is 342 g/mol. The fraction of sp³-hybridized carbons (Fsp3) is 0.214. The molecule has 0 amide bonds. The number of hydrogen-bond acceptors (Lipinski definition) is 3. The highest BCUT2D eigenvalue weighted by atomic mass is 79.9. The van der Waals surface area contributed by atoms with E-state index in [1.165, 1.54) is 0 Å². The van der Waals surface area contributed by atoms with Crippen molar-refractivity contribution in [1.82, 2.24) is 4.98 Å². The summed E-state index contributed by atoms with van der Waals surface area (Å²) in [5.41, 5.74) is 6.83. The molecule has 0 saturated carbocycles. The van der Waals surface area contributed by atoms with E-state index >= 15 is 0 Å². The van der Waals surface area contributed by atoms with Gasteiger partial charge in [-0.1, -0.05) is 23.7 Å². The minimum absolute atomic E-state index is 0.0430. The molecule has 1 aromatic heterocycles. The van der Waals surface area contributed by atoms with Gasteiger partial charge in [-0.15, -0.1) is 0 Å². The molecule has 0 bridgehead atoms. The van der Waals surface area contributed by atoms with Crippen molar-refractivity contribution in [2.75, 3.05) is 0 Å². The van der Waals surface area contributed by atoms with Crippen LogP contribution in [0.1, 0.15) is 12.5 Å². The maximum atomic E-state index is 6.20. The van der Waals surface area contributed by atoms with Crippen LogP contribution in [0.3, 0.4) is 0 Å². The Balaban J connectivity index is 2.33. The Kier molecular flexibility index (Phi) is 4.80. The van der Waals surface area contributed by atoms with Gasteiger partial charge in [0.1, 0.15) is 11.5 Å². The van der Waals surface area contributed by atoms with Gasteiger partial charge >= 0.3 is 0 Å². The molecule has 1 atom stereocenters. The summed E-state index contributed by atoms with van der Waals surface area (Å²) in [6.07, 6.45) is 4.05. The fourth-order valence-corrected chi connectivity index (χ4v) is 2.32. The van der Waals surface area contributed by atoms with Crippen molar-refractivity contribution in [1.29, 1.82) is 0 Å². The first kappa shape index (κ1) is 14.3. The molecule has 0 aliphatic rings. The summed E-state index contributed by atoms with van der Waals surface area (Å²) in [7, 11) is 0. The lowest BCUT2D eigenvalue weighted by Gasteiger charge is -2.14. The Labute approximate surface area is 125 Å². The van der Waals surface area contributed by atoms with Crippen molar-refractivity contribution in [2.24, 2.45) is 5.73 Å². The molecule has 0 aliphatic carbocycles. The Morgan fingerprint density at radius 2 is 2.21 bits per heavy atom. The smallest absolute Gasteiger partial charge is 0.149 e. The normalized spacial score (nSPS) is 12.2. The molecule has 1 aromatic carbocycles. The first-order chi connectivity index (χ1) is 9.06. The third kappa shape index (κ3) is 3.93. The second-order valence-corrected chi connectivity index (χ2v) is 5.67. The quantitative estimate of drug-likeness (QED) is 0.907. The van der Waals surface area contributed by atoms with E-state index in [2.05, 4.69) is 20.9 Å². The number of hydrogen-bond donors (Lipinski definition) is 1. The summed E-state index contributed by atoms with van der Waals surface area (Å²) in [5.74, 6) is 1.27. The first-order valence-electron chi connectivity index (χ1n) is 5.87. The number of nitrogens with zero attached hydrogens (tertiary/aromatic N) is 1. The molecule has 19 heavy (non-hydrogen) atoms. The molecule has 100 valence electrons. The number of benzene rings is 1. The molecular weight excluding hydrogens is 328 g/mol. The summed E-state index contributed by atoms with van der Waals surface area (Å²) in [5, 5.41) is 0.568. The van der Waals surface area contributed by atoms with Crippen LogP contribution in [-0.2, 0) is 6.42 Å². The lowest BCUT2D eigenvalue weighted by Crippen LogP contribution is -2.18. The third-order valence-electron chi connectivity index (χ3n) is 2.49. The van der Waals surface area contributed by atoms with E-state index in [0.717, 1.165) is 10.0 Å². The van der Waals surface area contributed by atoms with Gasteiger partial charge in [0, 0.05) is 16.7 Å². The Morgan fingerprint density at radius 3 is 2.89 bits per heavy atom. The molecule has 3 nitrogen and oxygen atoms in total. The first-order valence-corrected chi connectivity index (χ1v) is 7.04. The standard InChI is InChI=1S/C14H14BrClN2O/c1-9(17)5-10-3-2-4-13(16)14(10)19-12-6-11(15)7-18-8-12/h2-4,6-9H,5,17H2,1H3. The Hall–Kier alpha value is -1.10. The number of para-hydroxylation sites is 1. The molecule has 2 rings (SSSR count). The summed E-state index contributed by atoms with van der Waals surface area (Å²) in [6, 6.07) is 7.54. The molecule has 0 fully saturated rings. The maximum absolute atomic E-state index is 6.20. The zero-order valence-corrected chi connectivity index (χ0v) is 12.8. The van der Waals surface area contributed by atoms with Crippen LogP contribution in [0.15, 0.2) is 41.1 Å². The molecule has 0 spiro atoms. The predicted octanol–water partition coefficient (Wildman–Crippen LogP) is 4.18. The number of halogens is 2. The Bertz CT molecular complexity index is 575. The van der Waals surface area contributed by atoms with E-state index in [1.807, 2.05) is 25.1 Å². The number of pyridine rings is 1. The number of aromatic nitrogens is 1. The van der Waals surface area contributed by atoms with Crippen LogP contribution in [0.25, 0.3) is 0 Å². The second-order valence-electron chi connectivity index (χ2n) is 4.35. The van der Waals surface area contributed by atoms with Gasteiger partial charge in [0.15, 0.2) is 0 Å². The zero-order valence-electron chi connectivity index (χ0n) is 10.4. The molecule has 0 radical (unpaired) electrons. The van der Waals surface area contributed by atoms with Crippen molar-refractivity contribution in [3.8, 4) is 11.5 Å².